The Kier molecular flexibility index (Phi) is 7.64. The molecule has 1 saturated carbocycles. The number of ether oxygens (including phenoxy) is 1. The first-order chi connectivity index (χ1) is 19.2. The first kappa shape index (κ1) is 27.4. The van der Waals surface area contributed by atoms with E-state index in [1.165, 1.54) is 0 Å². The van der Waals surface area contributed by atoms with Crippen molar-refractivity contribution in [1.82, 2.24) is 14.7 Å². The molecule has 0 saturated heterocycles. The van der Waals surface area contributed by atoms with Gasteiger partial charge in [-0.3, -0.25) is 9.69 Å². The molecule has 0 spiro atoms. The van der Waals surface area contributed by atoms with Crippen molar-refractivity contribution in [2.75, 3.05) is 19.5 Å². The minimum absolute atomic E-state index is 0.110. The first-order valence-corrected chi connectivity index (χ1v) is 12.9. The van der Waals surface area contributed by atoms with E-state index in [9.17, 15) is 18.0 Å². The fraction of sp³-hybridized carbons (Fsp3) is 0.267. The number of alkyl halides is 3. The van der Waals surface area contributed by atoms with Crippen LogP contribution >= 0.6 is 0 Å². The third-order valence-electron chi connectivity index (χ3n) is 7.02. The summed E-state index contributed by atoms with van der Waals surface area (Å²) in [5.74, 6) is 0.0235. The van der Waals surface area contributed by atoms with E-state index < -0.39 is 17.8 Å². The average Bonchev–Trinajstić information content (AvgIpc) is 3.70. The molecular formula is C30H30F3N5O2. The van der Waals surface area contributed by atoms with Crippen molar-refractivity contribution in [2.45, 2.75) is 37.6 Å². The van der Waals surface area contributed by atoms with E-state index in [0.717, 1.165) is 40.5 Å². The number of nitrogens with zero attached hydrogens (tertiary/aromatic N) is 3. The Morgan fingerprint density at radius 3 is 2.45 bits per heavy atom. The highest BCUT2D eigenvalue weighted by Crippen LogP contribution is 2.38. The lowest BCUT2D eigenvalue weighted by Gasteiger charge is -2.29. The third-order valence-corrected chi connectivity index (χ3v) is 7.02. The van der Waals surface area contributed by atoms with Crippen LogP contribution in [0.15, 0.2) is 78.9 Å². The van der Waals surface area contributed by atoms with E-state index in [4.69, 9.17) is 10.5 Å². The maximum atomic E-state index is 13.6. The van der Waals surface area contributed by atoms with Crippen LogP contribution in [-0.4, -0.2) is 40.8 Å². The van der Waals surface area contributed by atoms with Crippen molar-refractivity contribution in [1.29, 1.82) is 0 Å². The number of methoxy groups -OCH3 is 1. The summed E-state index contributed by atoms with van der Waals surface area (Å²) in [5.41, 5.74) is 7.73. The van der Waals surface area contributed by atoms with Gasteiger partial charge < -0.3 is 15.8 Å². The van der Waals surface area contributed by atoms with Crippen molar-refractivity contribution < 1.29 is 22.7 Å². The van der Waals surface area contributed by atoms with E-state index in [-0.39, 0.29) is 18.3 Å². The van der Waals surface area contributed by atoms with Crippen molar-refractivity contribution in [2.24, 2.45) is 5.73 Å². The second kappa shape index (κ2) is 11.1. The van der Waals surface area contributed by atoms with Crippen LogP contribution in [0.3, 0.4) is 0 Å². The van der Waals surface area contributed by atoms with Gasteiger partial charge in [0, 0.05) is 24.3 Å². The number of anilines is 1. The molecule has 0 bridgehead atoms. The largest absolute Gasteiger partial charge is 0.497 e. The van der Waals surface area contributed by atoms with Crippen LogP contribution in [0.2, 0.25) is 0 Å². The van der Waals surface area contributed by atoms with Crippen molar-refractivity contribution in [3.05, 3.63) is 107 Å². The van der Waals surface area contributed by atoms with Gasteiger partial charge in [-0.25, -0.2) is 4.68 Å². The van der Waals surface area contributed by atoms with Crippen LogP contribution in [-0.2, 0) is 12.7 Å². The fourth-order valence-electron chi connectivity index (χ4n) is 4.84. The number of aromatic nitrogens is 2. The Morgan fingerprint density at radius 2 is 1.77 bits per heavy atom. The predicted octanol–water partition coefficient (Wildman–Crippen LogP) is 5.79. The van der Waals surface area contributed by atoms with Gasteiger partial charge in [0.25, 0.3) is 5.91 Å². The van der Waals surface area contributed by atoms with Crippen LogP contribution in [0, 0.1) is 0 Å². The number of carbonyl (C=O) groups excluding carboxylic acids is 1. The summed E-state index contributed by atoms with van der Waals surface area (Å²) < 4.78 is 47.2. The molecule has 1 fully saturated rings. The molecule has 40 heavy (non-hydrogen) atoms. The summed E-state index contributed by atoms with van der Waals surface area (Å²) in [4.78, 5) is 15.7. The summed E-state index contributed by atoms with van der Waals surface area (Å²) in [7, 11) is 3.69. The lowest BCUT2D eigenvalue weighted by molar-refractivity contribution is -0.141. The molecule has 0 radical (unpaired) electrons. The smallest absolute Gasteiger partial charge is 0.435 e. The lowest BCUT2D eigenvalue weighted by Crippen LogP contribution is -2.27. The standard InChI is InChI=1S/C30H30F3N5O2/c1-37(23-12-13-23)28(21-8-5-11-25(16-21)40-2)20-7-4-9-22(15-20)35-29(39)26-17-27(30(31,32)33)36-38(26)24-10-3-6-19(14-24)18-34/h3-11,14-17,23,28H,12-13,18,34H2,1-2H3,(H,35,39). The molecule has 10 heteroatoms. The number of amides is 1. The zero-order chi connectivity index (χ0) is 28.4. The van der Waals surface area contributed by atoms with E-state index in [1.807, 2.05) is 42.5 Å². The van der Waals surface area contributed by atoms with Gasteiger partial charge in [0.1, 0.15) is 11.4 Å². The second-order valence-corrected chi connectivity index (χ2v) is 9.85. The predicted molar refractivity (Wildman–Crippen MR) is 146 cm³/mol. The van der Waals surface area contributed by atoms with Gasteiger partial charge in [0.15, 0.2) is 5.69 Å². The van der Waals surface area contributed by atoms with Gasteiger partial charge >= 0.3 is 6.18 Å². The highest BCUT2D eigenvalue weighted by Gasteiger charge is 2.36. The molecular weight excluding hydrogens is 519 g/mol. The summed E-state index contributed by atoms with van der Waals surface area (Å²) in [6.07, 6.45) is -2.52. The monoisotopic (exact) mass is 549 g/mol. The van der Waals surface area contributed by atoms with Gasteiger partial charge in [0.2, 0.25) is 0 Å². The molecule has 5 rings (SSSR count). The third kappa shape index (κ3) is 5.88. The number of halogens is 3. The quantitative estimate of drug-likeness (QED) is 0.276. The number of carbonyl (C=O) groups is 1. The maximum absolute atomic E-state index is 13.6. The minimum Gasteiger partial charge on any atom is -0.497 e. The molecule has 1 atom stereocenters. The molecule has 4 aromatic rings. The second-order valence-electron chi connectivity index (χ2n) is 9.85. The van der Waals surface area contributed by atoms with Crippen LogP contribution in [0.5, 0.6) is 5.75 Å². The Morgan fingerprint density at radius 1 is 1.07 bits per heavy atom. The molecule has 3 aromatic carbocycles. The highest BCUT2D eigenvalue weighted by molar-refractivity contribution is 6.03. The molecule has 1 amide bonds. The zero-order valence-corrected chi connectivity index (χ0v) is 22.2. The van der Waals surface area contributed by atoms with Crippen molar-refractivity contribution in [3.63, 3.8) is 0 Å². The van der Waals surface area contributed by atoms with Crippen LogP contribution < -0.4 is 15.8 Å². The molecule has 0 aliphatic heterocycles. The van der Waals surface area contributed by atoms with Crippen LogP contribution in [0.25, 0.3) is 5.69 Å². The molecule has 1 aliphatic carbocycles. The summed E-state index contributed by atoms with van der Waals surface area (Å²) in [6.45, 7) is 0.194. The van der Waals surface area contributed by atoms with Crippen molar-refractivity contribution in [3.8, 4) is 11.4 Å². The molecule has 1 unspecified atom stereocenters. The SMILES string of the molecule is COc1cccc(C(c2cccc(NC(=O)c3cc(C(F)(F)F)nn3-c3cccc(CN)c3)c2)N(C)C2CC2)c1. The number of benzene rings is 3. The van der Waals surface area contributed by atoms with Gasteiger partial charge in [-0.1, -0.05) is 36.4 Å². The Hall–Kier alpha value is -4.15. The lowest BCUT2D eigenvalue weighted by atomic mass is 9.96. The topological polar surface area (TPSA) is 85.4 Å². The summed E-state index contributed by atoms with van der Waals surface area (Å²) >= 11 is 0. The van der Waals surface area contributed by atoms with Gasteiger partial charge in [-0.05, 0) is 73.0 Å². The molecule has 208 valence electrons. The maximum Gasteiger partial charge on any atom is 0.435 e. The fourth-order valence-corrected chi connectivity index (χ4v) is 4.84. The van der Waals surface area contributed by atoms with Gasteiger partial charge in [-0.2, -0.15) is 18.3 Å². The molecule has 7 nitrogen and oxygen atoms in total. The van der Waals surface area contributed by atoms with Gasteiger partial charge in [0.05, 0.1) is 18.8 Å². The number of rotatable bonds is 9. The van der Waals surface area contributed by atoms with Crippen LogP contribution in [0.1, 0.15) is 51.8 Å². The Bertz CT molecular complexity index is 1510. The van der Waals surface area contributed by atoms with Crippen molar-refractivity contribution >= 4 is 11.6 Å². The normalized spacial score (nSPS) is 14.3. The number of nitrogens with one attached hydrogen (secondary N) is 1. The first-order valence-electron chi connectivity index (χ1n) is 12.9. The summed E-state index contributed by atoms with van der Waals surface area (Å²) in [6, 6.07) is 22.9. The molecule has 1 heterocycles. The highest BCUT2D eigenvalue weighted by atomic mass is 19.4. The molecule has 1 aliphatic rings. The minimum atomic E-state index is -4.72. The molecule has 3 N–H and O–H groups in total. The van der Waals surface area contributed by atoms with Gasteiger partial charge in [-0.15, -0.1) is 0 Å². The zero-order valence-electron chi connectivity index (χ0n) is 22.2. The molecule has 1 aromatic heterocycles. The van der Waals surface area contributed by atoms with Crippen LogP contribution in [0.4, 0.5) is 18.9 Å². The van der Waals surface area contributed by atoms with E-state index in [1.54, 1.807) is 37.4 Å². The summed E-state index contributed by atoms with van der Waals surface area (Å²) in [5, 5.41) is 6.49. The Labute approximate surface area is 230 Å². The van der Waals surface area contributed by atoms with E-state index >= 15 is 0 Å². The van der Waals surface area contributed by atoms with E-state index in [2.05, 4.69) is 22.4 Å². The number of hydrogen-bond acceptors (Lipinski definition) is 5. The Balaban J connectivity index is 1.49. The van der Waals surface area contributed by atoms with E-state index in [0.29, 0.717) is 23.0 Å². The average molecular weight is 550 g/mol. The number of nitrogens with two attached hydrogens (primary N) is 1. The number of hydrogen-bond donors (Lipinski definition) is 2.